The Bertz CT molecular complexity index is 1350. The van der Waals surface area contributed by atoms with Crippen LogP contribution in [-0.4, -0.2) is 41.9 Å². The summed E-state index contributed by atoms with van der Waals surface area (Å²) in [6.07, 6.45) is 0. The minimum atomic E-state index is 0.401. The van der Waals surface area contributed by atoms with Gasteiger partial charge in [0.05, 0.1) is 44.8 Å². The number of hydroxylamine groups is 2. The lowest BCUT2D eigenvalue weighted by Gasteiger charge is -2.35. The molecule has 8 nitrogen and oxygen atoms in total. The predicted octanol–water partition coefficient (Wildman–Crippen LogP) is 5.64. The van der Waals surface area contributed by atoms with Crippen LogP contribution < -0.4 is 10.1 Å². The van der Waals surface area contributed by atoms with E-state index in [-0.39, 0.29) is 0 Å². The third-order valence-corrected chi connectivity index (χ3v) is 7.38. The second-order valence-corrected chi connectivity index (χ2v) is 9.63. The Labute approximate surface area is 203 Å². The molecule has 0 bridgehead atoms. The van der Waals surface area contributed by atoms with Crippen LogP contribution >= 0.6 is 23.5 Å². The summed E-state index contributed by atoms with van der Waals surface area (Å²) < 4.78 is 0. The van der Waals surface area contributed by atoms with Crippen molar-refractivity contribution in [2.24, 2.45) is 0 Å². The number of imidazole rings is 2. The highest BCUT2D eigenvalue weighted by atomic mass is 32.2. The first-order valence-corrected chi connectivity index (χ1v) is 12.6. The van der Waals surface area contributed by atoms with Crippen LogP contribution in [0.1, 0.15) is 0 Å². The number of H-pyrrole nitrogens is 2. The van der Waals surface area contributed by atoms with E-state index in [0.29, 0.717) is 34.3 Å². The molecule has 1 aliphatic rings. The van der Waals surface area contributed by atoms with Gasteiger partial charge < -0.3 is 9.97 Å². The number of thioether (sulfide) groups is 2. The van der Waals surface area contributed by atoms with Gasteiger partial charge in [-0.05, 0) is 36.4 Å². The summed E-state index contributed by atoms with van der Waals surface area (Å²) in [6, 6.07) is 22.9. The van der Waals surface area contributed by atoms with Gasteiger partial charge in [-0.25, -0.2) is 20.1 Å². The van der Waals surface area contributed by atoms with Crippen molar-refractivity contribution in [3.8, 4) is 0 Å². The molecule has 2 aromatic heterocycles. The zero-order valence-electron chi connectivity index (χ0n) is 17.8. The van der Waals surface area contributed by atoms with Crippen LogP contribution in [0.25, 0.3) is 22.1 Å². The Morgan fingerprint density at radius 3 is 1.47 bits per heavy atom. The maximum Gasteiger partial charge on any atom is 0.166 e. The first-order valence-electron chi connectivity index (χ1n) is 10.6. The van der Waals surface area contributed by atoms with Crippen molar-refractivity contribution in [3.05, 3.63) is 84.2 Å². The lowest BCUT2D eigenvalue weighted by Crippen LogP contribution is -2.35. The van der Waals surface area contributed by atoms with Gasteiger partial charge in [-0.3, -0.25) is 10.4 Å². The molecule has 0 saturated heterocycles. The van der Waals surface area contributed by atoms with Gasteiger partial charge in [-0.1, -0.05) is 59.9 Å². The van der Waals surface area contributed by atoms with Gasteiger partial charge in [0, 0.05) is 11.5 Å². The van der Waals surface area contributed by atoms with Crippen LogP contribution in [0, 0.1) is 0 Å². The van der Waals surface area contributed by atoms with E-state index in [1.54, 1.807) is 12.1 Å². The first kappa shape index (κ1) is 21.1. The van der Waals surface area contributed by atoms with Gasteiger partial charge in [0.2, 0.25) is 0 Å². The average molecular weight is 489 g/mol. The van der Waals surface area contributed by atoms with Crippen molar-refractivity contribution in [2.75, 3.05) is 21.6 Å². The number of nitrogens with zero attached hydrogens (tertiary/aromatic N) is 4. The molecule has 0 spiro atoms. The summed E-state index contributed by atoms with van der Waals surface area (Å²) in [5.74, 6) is 0.801. The largest absolute Gasteiger partial charge is 0.333 e. The smallest absolute Gasteiger partial charge is 0.166 e. The third-order valence-electron chi connectivity index (χ3n) is 5.61. The van der Waals surface area contributed by atoms with E-state index in [4.69, 9.17) is 0 Å². The molecule has 34 heavy (non-hydrogen) atoms. The normalized spacial score (nSPS) is 13.8. The quantitative estimate of drug-likeness (QED) is 0.228. The molecule has 0 amide bonds. The van der Waals surface area contributed by atoms with E-state index in [2.05, 4.69) is 19.9 Å². The number of anilines is 2. The van der Waals surface area contributed by atoms with Crippen LogP contribution in [0.5, 0.6) is 0 Å². The summed E-state index contributed by atoms with van der Waals surface area (Å²) >= 11 is 2.93. The van der Waals surface area contributed by atoms with E-state index in [0.717, 1.165) is 42.5 Å². The molecule has 0 unspecified atom stereocenters. The van der Waals surface area contributed by atoms with Crippen LogP contribution in [0.4, 0.5) is 11.4 Å². The number of nitrogens with one attached hydrogen (secondary N) is 2. The van der Waals surface area contributed by atoms with Gasteiger partial charge in [-0.2, -0.15) is 0 Å². The highest BCUT2D eigenvalue weighted by Gasteiger charge is 2.30. The van der Waals surface area contributed by atoms with Gasteiger partial charge in [0.25, 0.3) is 0 Å². The zero-order valence-corrected chi connectivity index (χ0v) is 19.5. The Morgan fingerprint density at radius 2 is 1.03 bits per heavy atom. The highest BCUT2D eigenvalue weighted by Crippen LogP contribution is 2.40. The second-order valence-electron chi connectivity index (χ2n) is 7.70. The number of hydrogen-bond acceptors (Lipinski definition) is 8. The van der Waals surface area contributed by atoms with Gasteiger partial charge >= 0.3 is 0 Å². The van der Waals surface area contributed by atoms with Crippen LogP contribution in [0.2, 0.25) is 0 Å². The molecule has 6 rings (SSSR count). The summed E-state index contributed by atoms with van der Waals surface area (Å²) in [6.45, 7) is 0. The van der Waals surface area contributed by atoms with Crippen molar-refractivity contribution in [2.45, 2.75) is 10.3 Å². The fourth-order valence-electron chi connectivity index (χ4n) is 3.92. The number of aromatic amines is 2. The maximum atomic E-state index is 11.1. The molecule has 4 N–H and O–H groups in total. The minimum Gasteiger partial charge on any atom is -0.333 e. The molecular weight excluding hydrogens is 468 g/mol. The molecule has 0 aliphatic carbocycles. The zero-order chi connectivity index (χ0) is 23.1. The Kier molecular flexibility index (Phi) is 5.42. The molecule has 10 heteroatoms. The highest BCUT2D eigenvalue weighted by molar-refractivity contribution is 7.99. The van der Waals surface area contributed by atoms with E-state index in [9.17, 15) is 10.4 Å². The summed E-state index contributed by atoms with van der Waals surface area (Å²) in [5, 5.41) is 26.0. The number of hydrogen-bond donors (Lipinski definition) is 4. The fraction of sp³-hybridized carbons (Fsp3) is 0.0833. The molecule has 0 atom stereocenters. The van der Waals surface area contributed by atoms with E-state index in [1.807, 2.05) is 60.7 Å². The van der Waals surface area contributed by atoms with Gasteiger partial charge in [0.1, 0.15) is 0 Å². The average Bonchev–Trinajstić information content (AvgIpc) is 3.48. The monoisotopic (exact) mass is 488 g/mol. The second kappa shape index (κ2) is 8.73. The number of fused-ring (bicyclic) bond motifs is 3. The summed E-state index contributed by atoms with van der Waals surface area (Å²) in [5.41, 5.74) is 5.88. The van der Waals surface area contributed by atoms with Crippen molar-refractivity contribution in [1.29, 1.82) is 0 Å². The molecule has 5 aromatic rings. The molecule has 3 aromatic carbocycles. The van der Waals surface area contributed by atoms with Crippen molar-refractivity contribution in [1.82, 2.24) is 19.9 Å². The van der Waals surface area contributed by atoms with Gasteiger partial charge in [0.15, 0.2) is 10.3 Å². The van der Waals surface area contributed by atoms with E-state index < -0.39 is 0 Å². The molecule has 0 saturated carbocycles. The van der Waals surface area contributed by atoms with Gasteiger partial charge in [-0.15, -0.1) is 0 Å². The standard InChI is InChI=1S/C24H20N6O2S2/c31-29-19-11-5-6-12-20(19)30(32)22(14-34-24-27-17-9-3-4-10-18(17)28-24)21(29)13-33-23-25-15-7-1-2-8-16(15)26-23/h1-12,31-32H,13-14H2,(H,25,26)(H,27,28). The predicted molar refractivity (Wildman–Crippen MR) is 136 cm³/mol. The van der Waals surface area contributed by atoms with E-state index >= 15 is 0 Å². The Hall–Kier alpha value is -3.44. The molecule has 0 fully saturated rings. The fourth-order valence-corrected chi connectivity index (χ4v) is 5.73. The van der Waals surface area contributed by atoms with Crippen molar-refractivity contribution < 1.29 is 10.4 Å². The number of aromatic nitrogens is 4. The molecule has 0 radical (unpaired) electrons. The van der Waals surface area contributed by atoms with Crippen LogP contribution in [0.3, 0.4) is 0 Å². The Morgan fingerprint density at radius 1 is 0.618 bits per heavy atom. The third kappa shape index (κ3) is 3.80. The molecule has 170 valence electrons. The molecule has 1 aliphatic heterocycles. The lowest BCUT2D eigenvalue weighted by molar-refractivity contribution is 0.249. The summed E-state index contributed by atoms with van der Waals surface area (Å²) in [4.78, 5) is 15.8. The van der Waals surface area contributed by atoms with Crippen LogP contribution in [0.15, 0.2) is 94.5 Å². The number of benzene rings is 3. The topological polar surface area (TPSA) is 104 Å². The van der Waals surface area contributed by atoms with Crippen LogP contribution in [-0.2, 0) is 0 Å². The summed E-state index contributed by atoms with van der Waals surface area (Å²) in [7, 11) is 0. The minimum absolute atomic E-state index is 0.401. The maximum absolute atomic E-state index is 11.1. The molecule has 3 heterocycles. The molecular formula is C24H20N6O2S2. The Balaban J connectivity index is 1.31. The van der Waals surface area contributed by atoms with E-state index in [1.165, 1.54) is 23.5 Å². The number of para-hydroxylation sites is 6. The number of rotatable bonds is 6. The SMILES string of the molecule is ON1C(CSc2nc3ccccc3[nH]2)=C(CSc2nc3ccccc3[nH]2)N(O)c2ccccc21. The van der Waals surface area contributed by atoms with Crippen molar-refractivity contribution >= 4 is 57.0 Å². The first-order chi connectivity index (χ1) is 16.7. The van der Waals surface area contributed by atoms with Crippen molar-refractivity contribution in [3.63, 3.8) is 0 Å². The lowest BCUT2D eigenvalue weighted by atomic mass is 10.2.